The Labute approximate surface area is 148 Å². The van der Waals surface area contributed by atoms with E-state index in [-0.39, 0.29) is 0 Å². The summed E-state index contributed by atoms with van der Waals surface area (Å²) in [5, 5.41) is 0. The van der Waals surface area contributed by atoms with Crippen LogP contribution in [0.1, 0.15) is 77.6 Å². The van der Waals surface area contributed by atoms with E-state index >= 15 is 0 Å². The zero-order valence-electron chi connectivity index (χ0n) is 15.8. The van der Waals surface area contributed by atoms with E-state index in [1.165, 1.54) is 72.5 Å². The van der Waals surface area contributed by atoms with Crippen LogP contribution in [0.4, 0.5) is 0 Å². The first-order valence-corrected chi connectivity index (χ1v) is 10.9. The third-order valence-corrected chi connectivity index (χ3v) is 6.09. The zero-order chi connectivity index (χ0) is 17.8. The lowest BCUT2D eigenvalue weighted by molar-refractivity contribution is -0.696. The SMILES string of the molecule is CCCCCCCCCCCCC[n+]1ccn(S(=O)(=O)N(C)C)c1. The van der Waals surface area contributed by atoms with Crippen LogP contribution in [-0.2, 0) is 16.8 Å². The summed E-state index contributed by atoms with van der Waals surface area (Å²) in [6, 6.07) is 0. The van der Waals surface area contributed by atoms with E-state index in [4.69, 9.17) is 0 Å². The number of imidazole rings is 1. The molecule has 0 bridgehead atoms. The second-order valence-corrected chi connectivity index (χ2v) is 8.85. The fourth-order valence-electron chi connectivity index (χ4n) is 2.79. The van der Waals surface area contributed by atoms with Crippen molar-refractivity contribution < 1.29 is 13.0 Å². The minimum atomic E-state index is -3.38. The fraction of sp³-hybridized carbons (Fsp3) is 0.833. The molecule has 0 saturated carbocycles. The molecule has 0 aliphatic rings. The summed E-state index contributed by atoms with van der Waals surface area (Å²) in [7, 11) is -0.291. The number of nitrogens with zero attached hydrogens (tertiary/aromatic N) is 3. The molecule has 5 nitrogen and oxygen atoms in total. The van der Waals surface area contributed by atoms with E-state index < -0.39 is 10.2 Å². The van der Waals surface area contributed by atoms with Crippen LogP contribution < -0.4 is 4.57 Å². The molecule has 1 aromatic rings. The van der Waals surface area contributed by atoms with Crippen LogP contribution >= 0.6 is 0 Å². The van der Waals surface area contributed by atoms with Crippen LogP contribution in [0.25, 0.3) is 0 Å². The number of hydrogen-bond donors (Lipinski definition) is 0. The molecule has 1 rings (SSSR count). The smallest absolute Gasteiger partial charge is 0.236 e. The fourth-order valence-corrected chi connectivity index (χ4v) is 3.62. The van der Waals surface area contributed by atoms with Gasteiger partial charge in [-0.15, -0.1) is 3.97 Å². The lowest BCUT2D eigenvalue weighted by Crippen LogP contribution is -2.33. The number of aryl methyl sites for hydroxylation is 1. The topological polar surface area (TPSA) is 46.2 Å². The van der Waals surface area contributed by atoms with Gasteiger partial charge in [0.1, 0.15) is 12.4 Å². The van der Waals surface area contributed by atoms with Crippen LogP contribution in [0.15, 0.2) is 18.7 Å². The molecule has 0 amide bonds. The van der Waals surface area contributed by atoms with Crippen LogP contribution in [0.5, 0.6) is 0 Å². The van der Waals surface area contributed by atoms with Crippen molar-refractivity contribution in [1.29, 1.82) is 0 Å². The molecule has 24 heavy (non-hydrogen) atoms. The normalized spacial score (nSPS) is 12.2. The number of aromatic nitrogens is 2. The Hall–Kier alpha value is -0.880. The molecule has 140 valence electrons. The van der Waals surface area contributed by atoms with Gasteiger partial charge < -0.3 is 0 Å². The Morgan fingerprint density at radius 3 is 1.88 bits per heavy atom. The number of rotatable bonds is 14. The summed E-state index contributed by atoms with van der Waals surface area (Å²) >= 11 is 0. The van der Waals surface area contributed by atoms with Crippen molar-refractivity contribution in [2.75, 3.05) is 14.1 Å². The van der Waals surface area contributed by atoms with Crippen molar-refractivity contribution in [3.05, 3.63) is 18.7 Å². The summed E-state index contributed by atoms with van der Waals surface area (Å²) in [4.78, 5) is 0. The van der Waals surface area contributed by atoms with Gasteiger partial charge in [0.05, 0.1) is 6.54 Å². The Bertz CT molecular complexity index is 538. The minimum absolute atomic E-state index is 0.882. The molecule has 1 heterocycles. The van der Waals surface area contributed by atoms with Gasteiger partial charge in [0.25, 0.3) is 6.33 Å². The van der Waals surface area contributed by atoms with Gasteiger partial charge in [-0.3, -0.25) is 0 Å². The molecule has 0 aliphatic carbocycles. The van der Waals surface area contributed by atoms with Crippen LogP contribution in [0.3, 0.4) is 0 Å². The van der Waals surface area contributed by atoms with E-state index in [2.05, 4.69) is 6.92 Å². The van der Waals surface area contributed by atoms with Crippen molar-refractivity contribution in [1.82, 2.24) is 8.28 Å². The van der Waals surface area contributed by atoms with Gasteiger partial charge in [0.15, 0.2) is 0 Å². The molecule has 0 aromatic carbocycles. The lowest BCUT2D eigenvalue weighted by Gasteiger charge is -2.05. The molecule has 0 saturated heterocycles. The minimum Gasteiger partial charge on any atom is -0.236 e. The molecule has 6 heteroatoms. The molecule has 0 N–H and O–H groups in total. The maximum atomic E-state index is 12.0. The van der Waals surface area contributed by atoms with E-state index in [0.29, 0.717) is 0 Å². The number of hydrogen-bond acceptors (Lipinski definition) is 2. The first-order valence-electron chi connectivity index (χ1n) is 9.48. The van der Waals surface area contributed by atoms with E-state index in [1.807, 2.05) is 10.8 Å². The largest absolute Gasteiger partial charge is 0.379 e. The van der Waals surface area contributed by atoms with E-state index in [9.17, 15) is 8.42 Å². The van der Waals surface area contributed by atoms with Gasteiger partial charge in [-0.1, -0.05) is 64.7 Å². The molecular formula is C18H36N3O2S+. The first kappa shape index (κ1) is 21.2. The highest BCUT2D eigenvalue weighted by atomic mass is 32.2. The molecule has 0 unspecified atom stereocenters. The molecule has 0 spiro atoms. The van der Waals surface area contributed by atoms with Crippen molar-refractivity contribution in [2.45, 2.75) is 84.1 Å². The molecule has 0 fully saturated rings. The van der Waals surface area contributed by atoms with Crippen molar-refractivity contribution >= 4 is 10.2 Å². The van der Waals surface area contributed by atoms with E-state index in [0.717, 1.165) is 13.0 Å². The van der Waals surface area contributed by atoms with E-state index in [1.54, 1.807) is 26.6 Å². The zero-order valence-corrected chi connectivity index (χ0v) is 16.6. The van der Waals surface area contributed by atoms with Crippen molar-refractivity contribution in [3.8, 4) is 0 Å². The molecule has 1 aromatic heterocycles. The predicted octanol–water partition coefficient (Wildman–Crippen LogP) is 3.74. The highest BCUT2D eigenvalue weighted by molar-refractivity contribution is 7.87. The van der Waals surface area contributed by atoms with Gasteiger partial charge in [-0.05, 0) is 12.8 Å². The standard InChI is InChI=1S/C18H36N3O2S/c1-4-5-6-7-8-9-10-11-12-13-14-15-20-16-17-21(18-20)24(22,23)19(2)3/h16-18H,4-15H2,1-3H3/q+1. The summed E-state index contributed by atoms with van der Waals surface area (Å²) in [6.45, 7) is 3.14. The lowest BCUT2D eigenvalue weighted by atomic mass is 10.1. The monoisotopic (exact) mass is 358 g/mol. The number of unbranched alkanes of at least 4 members (excludes halogenated alkanes) is 10. The Morgan fingerprint density at radius 1 is 0.875 bits per heavy atom. The highest BCUT2D eigenvalue weighted by Gasteiger charge is 2.22. The Morgan fingerprint density at radius 2 is 1.38 bits per heavy atom. The predicted molar refractivity (Wildman–Crippen MR) is 99.1 cm³/mol. The third-order valence-electron chi connectivity index (χ3n) is 4.41. The van der Waals surface area contributed by atoms with Crippen LogP contribution in [-0.4, -0.2) is 30.8 Å². The molecule has 0 atom stereocenters. The third kappa shape index (κ3) is 7.79. The maximum Gasteiger partial charge on any atom is 0.379 e. The second-order valence-electron chi connectivity index (χ2n) is 6.81. The summed E-state index contributed by atoms with van der Waals surface area (Å²) in [6.07, 6.45) is 19.7. The highest BCUT2D eigenvalue weighted by Crippen LogP contribution is 2.11. The van der Waals surface area contributed by atoms with Crippen LogP contribution in [0, 0.1) is 0 Å². The van der Waals surface area contributed by atoms with Gasteiger partial charge in [-0.2, -0.15) is 12.7 Å². The molecule has 0 radical (unpaired) electrons. The van der Waals surface area contributed by atoms with Crippen LogP contribution in [0.2, 0.25) is 0 Å². The van der Waals surface area contributed by atoms with Gasteiger partial charge >= 0.3 is 10.2 Å². The van der Waals surface area contributed by atoms with Gasteiger partial charge in [0.2, 0.25) is 0 Å². The maximum absolute atomic E-state index is 12.0. The average Bonchev–Trinajstić information content (AvgIpc) is 3.02. The quantitative estimate of drug-likeness (QED) is 0.376. The van der Waals surface area contributed by atoms with Gasteiger partial charge in [-0.25, -0.2) is 4.57 Å². The Balaban J connectivity index is 2.07. The first-order chi connectivity index (χ1) is 11.5. The average molecular weight is 359 g/mol. The van der Waals surface area contributed by atoms with Crippen molar-refractivity contribution in [2.24, 2.45) is 0 Å². The van der Waals surface area contributed by atoms with Crippen molar-refractivity contribution in [3.63, 3.8) is 0 Å². The molecule has 0 aliphatic heterocycles. The summed E-state index contributed by atoms with van der Waals surface area (Å²) in [5.74, 6) is 0. The molecular weight excluding hydrogens is 322 g/mol. The second kappa shape index (κ2) is 11.6. The summed E-state index contributed by atoms with van der Waals surface area (Å²) < 4.78 is 28.4. The van der Waals surface area contributed by atoms with Gasteiger partial charge in [0, 0.05) is 14.1 Å². The summed E-state index contributed by atoms with van der Waals surface area (Å²) in [5.41, 5.74) is 0. The Kier molecular flexibility index (Phi) is 10.3.